The van der Waals surface area contributed by atoms with Gasteiger partial charge in [-0.3, -0.25) is 0 Å². The molecule has 0 aliphatic carbocycles. The number of unbranched alkanes of at least 4 members (excludes halogenated alkanes) is 1. The van der Waals surface area contributed by atoms with Gasteiger partial charge in [-0.05, 0) is 19.0 Å². The SMILES string of the molecule is CCCC=C(CCl)CNC. The first-order valence-electron chi connectivity index (χ1n) is 3.73. The lowest BCUT2D eigenvalue weighted by Crippen LogP contribution is -2.11. The van der Waals surface area contributed by atoms with E-state index in [-0.39, 0.29) is 0 Å². The van der Waals surface area contributed by atoms with Gasteiger partial charge < -0.3 is 5.32 Å². The van der Waals surface area contributed by atoms with Gasteiger partial charge in [-0.15, -0.1) is 11.6 Å². The maximum Gasteiger partial charge on any atom is 0.0445 e. The van der Waals surface area contributed by atoms with Gasteiger partial charge in [0.2, 0.25) is 0 Å². The van der Waals surface area contributed by atoms with E-state index in [1.165, 1.54) is 12.0 Å². The molecule has 1 N–H and O–H groups in total. The number of halogens is 1. The zero-order valence-electron chi connectivity index (χ0n) is 6.78. The normalized spacial score (nSPS) is 12.1. The molecule has 0 aromatic rings. The van der Waals surface area contributed by atoms with Gasteiger partial charge in [0, 0.05) is 12.4 Å². The number of rotatable bonds is 5. The molecule has 0 aliphatic rings. The van der Waals surface area contributed by atoms with E-state index in [1.807, 2.05) is 7.05 Å². The fraction of sp³-hybridized carbons (Fsp3) is 0.750. The van der Waals surface area contributed by atoms with Crippen molar-refractivity contribution >= 4 is 11.6 Å². The number of alkyl halides is 1. The summed E-state index contributed by atoms with van der Waals surface area (Å²) in [6.07, 6.45) is 4.55. The molecule has 0 aromatic carbocycles. The van der Waals surface area contributed by atoms with Crippen LogP contribution in [0.2, 0.25) is 0 Å². The zero-order chi connectivity index (χ0) is 7.82. The van der Waals surface area contributed by atoms with Crippen molar-refractivity contribution in [3.8, 4) is 0 Å². The molecule has 1 nitrogen and oxygen atoms in total. The minimum absolute atomic E-state index is 0.654. The zero-order valence-corrected chi connectivity index (χ0v) is 7.54. The summed E-state index contributed by atoms with van der Waals surface area (Å²) >= 11 is 5.67. The molecule has 0 aromatic heterocycles. The highest BCUT2D eigenvalue weighted by Crippen LogP contribution is 1.99. The summed E-state index contributed by atoms with van der Waals surface area (Å²) in [6, 6.07) is 0. The van der Waals surface area contributed by atoms with Gasteiger partial charge >= 0.3 is 0 Å². The van der Waals surface area contributed by atoms with Crippen LogP contribution in [0.25, 0.3) is 0 Å². The van der Waals surface area contributed by atoms with Crippen molar-refractivity contribution in [2.45, 2.75) is 19.8 Å². The van der Waals surface area contributed by atoms with Crippen LogP contribution in [0.1, 0.15) is 19.8 Å². The van der Waals surface area contributed by atoms with E-state index in [0.717, 1.165) is 13.0 Å². The average molecular weight is 162 g/mol. The number of hydrogen-bond acceptors (Lipinski definition) is 1. The number of allylic oxidation sites excluding steroid dienone is 1. The first-order chi connectivity index (χ1) is 4.85. The quantitative estimate of drug-likeness (QED) is 0.482. The largest absolute Gasteiger partial charge is 0.316 e. The van der Waals surface area contributed by atoms with E-state index in [1.54, 1.807) is 0 Å². The van der Waals surface area contributed by atoms with Crippen molar-refractivity contribution < 1.29 is 0 Å². The van der Waals surface area contributed by atoms with Crippen LogP contribution in [0.15, 0.2) is 11.6 Å². The van der Waals surface area contributed by atoms with Crippen LogP contribution in [0, 0.1) is 0 Å². The molecule has 0 saturated carbocycles. The average Bonchev–Trinajstić information content (AvgIpc) is 1.98. The summed E-state index contributed by atoms with van der Waals surface area (Å²) in [6.45, 7) is 3.09. The molecule has 0 amide bonds. The molecule has 0 fully saturated rings. The standard InChI is InChI=1S/C8H16ClN/c1-3-4-5-8(6-9)7-10-2/h5,10H,3-4,6-7H2,1-2H3. The highest BCUT2D eigenvalue weighted by Gasteiger charge is 1.90. The Morgan fingerprint density at radius 3 is 2.70 bits per heavy atom. The Labute approximate surface area is 68.5 Å². The molecular formula is C8H16ClN. The molecule has 60 valence electrons. The molecule has 0 saturated heterocycles. The van der Waals surface area contributed by atoms with Crippen molar-refractivity contribution in [1.82, 2.24) is 5.32 Å². The maximum absolute atomic E-state index is 5.67. The van der Waals surface area contributed by atoms with Gasteiger partial charge in [0.05, 0.1) is 0 Å². The summed E-state index contributed by atoms with van der Waals surface area (Å²) in [5.74, 6) is 0.654. The molecule has 0 bridgehead atoms. The first-order valence-corrected chi connectivity index (χ1v) is 4.27. The topological polar surface area (TPSA) is 12.0 Å². The minimum atomic E-state index is 0.654. The summed E-state index contributed by atoms with van der Waals surface area (Å²) < 4.78 is 0. The number of nitrogens with one attached hydrogen (secondary N) is 1. The summed E-state index contributed by atoms with van der Waals surface area (Å²) in [5.41, 5.74) is 1.30. The molecule has 0 radical (unpaired) electrons. The lowest BCUT2D eigenvalue weighted by Gasteiger charge is -2.00. The predicted octanol–water partition coefficient (Wildman–Crippen LogP) is 2.17. The molecule has 0 atom stereocenters. The van der Waals surface area contributed by atoms with Gasteiger partial charge in [-0.25, -0.2) is 0 Å². The number of hydrogen-bond donors (Lipinski definition) is 1. The Bertz CT molecular complexity index is 99.4. The third-order valence-corrected chi connectivity index (χ3v) is 1.64. The lowest BCUT2D eigenvalue weighted by molar-refractivity contribution is 0.862. The molecule has 0 aliphatic heterocycles. The molecule has 0 heterocycles. The molecule has 0 spiro atoms. The number of likely N-dealkylation sites (N-methyl/N-ethyl adjacent to an activating group) is 1. The van der Waals surface area contributed by atoms with E-state index < -0.39 is 0 Å². The summed E-state index contributed by atoms with van der Waals surface area (Å²) in [4.78, 5) is 0. The Kier molecular flexibility index (Phi) is 7.09. The van der Waals surface area contributed by atoms with Crippen LogP contribution in [-0.2, 0) is 0 Å². The predicted molar refractivity (Wildman–Crippen MR) is 47.6 cm³/mol. The first kappa shape index (κ1) is 9.99. The van der Waals surface area contributed by atoms with Crippen LogP contribution >= 0.6 is 11.6 Å². The van der Waals surface area contributed by atoms with E-state index in [0.29, 0.717) is 5.88 Å². The second-order valence-electron chi connectivity index (χ2n) is 2.32. The van der Waals surface area contributed by atoms with Gasteiger partial charge in [0.1, 0.15) is 0 Å². The molecular weight excluding hydrogens is 146 g/mol. The van der Waals surface area contributed by atoms with E-state index in [4.69, 9.17) is 11.6 Å². The van der Waals surface area contributed by atoms with E-state index >= 15 is 0 Å². The Balaban J connectivity index is 3.55. The Morgan fingerprint density at radius 2 is 2.30 bits per heavy atom. The van der Waals surface area contributed by atoms with Crippen LogP contribution in [0.3, 0.4) is 0 Å². The monoisotopic (exact) mass is 161 g/mol. The maximum atomic E-state index is 5.67. The fourth-order valence-electron chi connectivity index (χ4n) is 0.749. The van der Waals surface area contributed by atoms with Gasteiger partial charge in [0.15, 0.2) is 0 Å². The molecule has 0 rings (SSSR count). The minimum Gasteiger partial charge on any atom is -0.316 e. The van der Waals surface area contributed by atoms with Gasteiger partial charge in [-0.1, -0.05) is 19.4 Å². The van der Waals surface area contributed by atoms with Crippen molar-refractivity contribution in [2.24, 2.45) is 0 Å². The second kappa shape index (κ2) is 7.10. The van der Waals surface area contributed by atoms with Crippen molar-refractivity contribution in [3.63, 3.8) is 0 Å². The third kappa shape index (κ3) is 4.83. The summed E-state index contributed by atoms with van der Waals surface area (Å²) in [7, 11) is 1.94. The molecule has 0 unspecified atom stereocenters. The second-order valence-corrected chi connectivity index (χ2v) is 2.58. The van der Waals surface area contributed by atoms with Gasteiger partial charge in [0.25, 0.3) is 0 Å². The lowest BCUT2D eigenvalue weighted by atomic mass is 10.2. The van der Waals surface area contributed by atoms with Crippen molar-refractivity contribution in [1.29, 1.82) is 0 Å². The van der Waals surface area contributed by atoms with Crippen molar-refractivity contribution in [2.75, 3.05) is 19.5 Å². The molecule has 2 heteroatoms. The van der Waals surface area contributed by atoms with Gasteiger partial charge in [-0.2, -0.15) is 0 Å². The highest BCUT2D eigenvalue weighted by molar-refractivity contribution is 6.19. The van der Waals surface area contributed by atoms with E-state index in [2.05, 4.69) is 18.3 Å². The van der Waals surface area contributed by atoms with Crippen LogP contribution in [0.5, 0.6) is 0 Å². The van der Waals surface area contributed by atoms with Crippen LogP contribution in [0.4, 0.5) is 0 Å². The van der Waals surface area contributed by atoms with Crippen LogP contribution in [-0.4, -0.2) is 19.5 Å². The Hall–Kier alpha value is -0.0100. The fourth-order valence-corrected chi connectivity index (χ4v) is 0.953. The Morgan fingerprint density at radius 1 is 1.60 bits per heavy atom. The van der Waals surface area contributed by atoms with Crippen molar-refractivity contribution in [3.05, 3.63) is 11.6 Å². The van der Waals surface area contributed by atoms with E-state index in [9.17, 15) is 0 Å². The highest BCUT2D eigenvalue weighted by atomic mass is 35.5. The third-order valence-electron chi connectivity index (χ3n) is 1.30. The molecule has 10 heavy (non-hydrogen) atoms. The van der Waals surface area contributed by atoms with Crippen LogP contribution < -0.4 is 5.32 Å². The summed E-state index contributed by atoms with van der Waals surface area (Å²) in [5, 5.41) is 3.07. The smallest absolute Gasteiger partial charge is 0.0445 e.